The van der Waals surface area contributed by atoms with Gasteiger partial charge in [-0.15, -0.1) is 0 Å². The largest absolute Gasteiger partial charge is 0.312 e. The fourth-order valence-corrected chi connectivity index (χ4v) is 4.45. The molecule has 2 aromatic carbocycles. The van der Waals surface area contributed by atoms with Gasteiger partial charge in [-0.05, 0) is 48.9 Å². The van der Waals surface area contributed by atoms with Crippen LogP contribution in [-0.2, 0) is 24.7 Å². The number of sulfonamides is 1. The molecule has 138 valence electrons. The van der Waals surface area contributed by atoms with Crippen LogP contribution in [-0.4, -0.2) is 35.5 Å². The number of hydrogen-bond acceptors (Lipinski definition) is 5. The van der Waals surface area contributed by atoms with Gasteiger partial charge in [-0.25, -0.2) is 16.8 Å². The second-order valence-corrected chi connectivity index (χ2v) is 9.75. The molecule has 0 spiro atoms. The Labute approximate surface area is 152 Å². The van der Waals surface area contributed by atoms with Crippen LogP contribution >= 0.6 is 0 Å². The second kappa shape index (κ2) is 6.73. The Morgan fingerprint density at radius 2 is 1.65 bits per heavy atom. The van der Waals surface area contributed by atoms with Crippen molar-refractivity contribution in [3.8, 4) is 0 Å². The van der Waals surface area contributed by atoms with E-state index in [0.717, 1.165) is 12.7 Å². The third-order valence-electron chi connectivity index (χ3n) is 4.05. The number of carbonyl (C=O) groups excluding carboxylic acids is 1. The molecular weight excluding hydrogens is 376 g/mol. The van der Waals surface area contributed by atoms with Crippen LogP contribution in [0.3, 0.4) is 0 Å². The smallest absolute Gasteiger partial charge is 0.261 e. The maximum Gasteiger partial charge on any atom is 0.261 e. The number of sulfone groups is 1. The van der Waals surface area contributed by atoms with Gasteiger partial charge in [0.15, 0.2) is 9.84 Å². The van der Waals surface area contributed by atoms with Gasteiger partial charge in [0.2, 0.25) is 5.91 Å². The minimum atomic E-state index is -3.88. The lowest BCUT2D eigenvalue weighted by molar-refractivity contribution is -0.117. The molecule has 0 atom stereocenters. The van der Waals surface area contributed by atoms with Gasteiger partial charge >= 0.3 is 0 Å². The molecule has 1 heterocycles. The highest BCUT2D eigenvalue weighted by Gasteiger charge is 2.22. The van der Waals surface area contributed by atoms with Crippen LogP contribution in [0.2, 0.25) is 0 Å². The molecule has 0 bridgehead atoms. The van der Waals surface area contributed by atoms with E-state index in [0.29, 0.717) is 18.7 Å². The summed E-state index contributed by atoms with van der Waals surface area (Å²) in [4.78, 5) is 13.4. The lowest BCUT2D eigenvalue weighted by atomic mass is 10.3. The van der Waals surface area contributed by atoms with Crippen LogP contribution in [0.15, 0.2) is 58.3 Å². The zero-order valence-electron chi connectivity index (χ0n) is 14.0. The summed E-state index contributed by atoms with van der Waals surface area (Å²) < 4.78 is 50.6. The molecule has 2 aromatic rings. The van der Waals surface area contributed by atoms with Gasteiger partial charge in [0, 0.05) is 24.9 Å². The van der Waals surface area contributed by atoms with Crippen molar-refractivity contribution in [2.24, 2.45) is 0 Å². The fourth-order valence-electron chi connectivity index (χ4n) is 2.73. The summed E-state index contributed by atoms with van der Waals surface area (Å²) in [7, 11) is -7.32. The molecule has 0 aliphatic carbocycles. The van der Waals surface area contributed by atoms with Crippen LogP contribution in [0, 0.1) is 0 Å². The summed E-state index contributed by atoms with van der Waals surface area (Å²) >= 11 is 0. The first-order chi connectivity index (χ1) is 12.2. The van der Waals surface area contributed by atoms with E-state index in [4.69, 9.17) is 0 Å². The Bertz CT molecular complexity index is 1040. The lowest BCUT2D eigenvalue weighted by Gasteiger charge is -2.16. The first kappa shape index (κ1) is 18.4. The Morgan fingerprint density at radius 1 is 0.962 bits per heavy atom. The van der Waals surface area contributed by atoms with E-state index in [1.165, 1.54) is 36.4 Å². The van der Waals surface area contributed by atoms with Crippen LogP contribution in [0.1, 0.15) is 12.8 Å². The van der Waals surface area contributed by atoms with Crippen molar-refractivity contribution >= 4 is 37.1 Å². The molecule has 7 nitrogen and oxygen atoms in total. The van der Waals surface area contributed by atoms with Crippen LogP contribution < -0.4 is 9.62 Å². The molecule has 0 saturated carbocycles. The van der Waals surface area contributed by atoms with Gasteiger partial charge in [0.05, 0.1) is 15.5 Å². The predicted octanol–water partition coefficient (Wildman–Crippen LogP) is 2.02. The van der Waals surface area contributed by atoms with Gasteiger partial charge in [-0.2, -0.15) is 0 Å². The van der Waals surface area contributed by atoms with Gasteiger partial charge in [-0.1, -0.05) is 6.07 Å². The monoisotopic (exact) mass is 394 g/mol. The Hall–Kier alpha value is -2.39. The molecule has 26 heavy (non-hydrogen) atoms. The Morgan fingerprint density at radius 3 is 2.23 bits per heavy atom. The molecule has 1 aliphatic heterocycles. The molecule has 0 unspecified atom stereocenters. The first-order valence-electron chi connectivity index (χ1n) is 7.90. The summed E-state index contributed by atoms with van der Waals surface area (Å²) in [5, 5.41) is 0. The second-order valence-electron chi connectivity index (χ2n) is 6.05. The number of carbonyl (C=O) groups is 1. The molecule has 1 N–H and O–H groups in total. The summed E-state index contributed by atoms with van der Waals surface area (Å²) in [6.07, 6.45) is 2.34. The van der Waals surface area contributed by atoms with Gasteiger partial charge in [0.1, 0.15) is 0 Å². The number of rotatable bonds is 5. The summed E-state index contributed by atoms with van der Waals surface area (Å²) in [6.45, 7) is 0.626. The van der Waals surface area contributed by atoms with Crippen LogP contribution in [0.5, 0.6) is 0 Å². The quantitative estimate of drug-likeness (QED) is 0.836. The minimum absolute atomic E-state index is 0.0244. The van der Waals surface area contributed by atoms with Gasteiger partial charge in [0.25, 0.3) is 10.0 Å². The maximum absolute atomic E-state index is 12.5. The van der Waals surface area contributed by atoms with Crippen molar-refractivity contribution in [3.05, 3.63) is 48.5 Å². The summed E-state index contributed by atoms with van der Waals surface area (Å²) in [6, 6.07) is 11.6. The van der Waals surface area contributed by atoms with Crippen molar-refractivity contribution in [1.29, 1.82) is 0 Å². The SMILES string of the molecule is CS(=O)(=O)c1cccc(NS(=O)(=O)c2ccc(N3CCCC3=O)cc2)c1. The van der Waals surface area contributed by atoms with E-state index < -0.39 is 19.9 Å². The van der Waals surface area contributed by atoms with E-state index in [1.54, 1.807) is 17.0 Å². The molecule has 1 saturated heterocycles. The van der Waals surface area contributed by atoms with Crippen molar-refractivity contribution in [2.75, 3.05) is 22.4 Å². The fraction of sp³-hybridized carbons (Fsp3) is 0.235. The molecule has 1 aliphatic rings. The average molecular weight is 394 g/mol. The van der Waals surface area contributed by atoms with Crippen LogP contribution in [0.25, 0.3) is 0 Å². The van der Waals surface area contributed by atoms with Crippen molar-refractivity contribution in [3.63, 3.8) is 0 Å². The number of hydrogen-bond donors (Lipinski definition) is 1. The molecular formula is C17H18N2O5S2. The molecule has 0 radical (unpaired) electrons. The first-order valence-corrected chi connectivity index (χ1v) is 11.3. The van der Waals surface area contributed by atoms with Crippen molar-refractivity contribution in [1.82, 2.24) is 0 Å². The molecule has 1 amide bonds. The maximum atomic E-state index is 12.5. The van der Waals surface area contributed by atoms with Crippen LogP contribution in [0.4, 0.5) is 11.4 Å². The molecule has 3 rings (SSSR count). The third-order valence-corrected chi connectivity index (χ3v) is 6.55. The Balaban J connectivity index is 1.83. The summed E-state index contributed by atoms with van der Waals surface area (Å²) in [5.41, 5.74) is 0.817. The summed E-state index contributed by atoms with van der Waals surface area (Å²) in [5.74, 6) is 0.0244. The van der Waals surface area contributed by atoms with E-state index in [1.807, 2.05) is 0 Å². The van der Waals surface area contributed by atoms with Gasteiger partial charge in [-0.3, -0.25) is 9.52 Å². The normalized spacial score (nSPS) is 15.3. The van der Waals surface area contributed by atoms with E-state index in [2.05, 4.69) is 4.72 Å². The molecule has 0 aromatic heterocycles. The number of nitrogens with one attached hydrogen (secondary N) is 1. The number of anilines is 2. The highest BCUT2D eigenvalue weighted by atomic mass is 32.2. The highest BCUT2D eigenvalue weighted by Crippen LogP contribution is 2.24. The number of benzene rings is 2. The predicted molar refractivity (Wildman–Crippen MR) is 98.4 cm³/mol. The topological polar surface area (TPSA) is 101 Å². The van der Waals surface area contributed by atoms with E-state index >= 15 is 0 Å². The average Bonchev–Trinajstić information content (AvgIpc) is 3.00. The van der Waals surface area contributed by atoms with E-state index in [-0.39, 0.29) is 21.4 Å². The zero-order valence-corrected chi connectivity index (χ0v) is 15.7. The molecule has 1 fully saturated rings. The third kappa shape index (κ3) is 3.88. The van der Waals surface area contributed by atoms with Crippen molar-refractivity contribution in [2.45, 2.75) is 22.6 Å². The minimum Gasteiger partial charge on any atom is -0.312 e. The lowest BCUT2D eigenvalue weighted by Crippen LogP contribution is -2.23. The molecule has 9 heteroatoms. The highest BCUT2D eigenvalue weighted by molar-refractivity contribution is 7.92. The van der Waals surface area contributed by atoms with Gasteiger partial charge < -0.3 is 4.90 Å². The van der Waals surface area contributed by atoms with E-state index in [9.17, 15) is 21.6 Å². The number of nitrogens with zero attached hydrogens (tertiary/aromatic N) is 1. The zero-order chi connectivity index (χ0) is 18.9. The van der Waals surface area contributed by atoms with Crippen molar-refractivity contribution < 1.29 is 21.6 Å². The number of amides is 1. The Kier molecular flexibility index (Phi) is 4.76. The standard InChI is InChI=1S/C17H18N2O5S2/c1-25(21,22)16-5-2-4-13(12-16)18-26(23,24)15-9-7-14(8-10-15)19-11-3-6-17(19)20/h2,4-5,7-10,12,18H,3,6,11H2,1H3.